The van der Waals surface area contributed by atoms with Gasteiger partial charge in [0.15, 0.2) is 0 Å². The summed E-state index contributed by atoms with van der Waals surface area (Å²) in [4.78, 5) is 21.1. The van der Waals surface area contributed by atoms with E-state index in [2.05, 4.69) is 0 Å². The molecule has 3 N–H and O–H groups in total. The standard InChI is InChI=1S/C11H10O5/c12-9-3-1-7(2-4-9)5-8(11(15)16)6-10(13)14/h1-5,12H,6H2,(H,13,14)(H,15,16). The van der Waals surface area contributed by atoms with E-state index in [9.17, 15) is 9.59 Å². The summed E-state index contributed by atoms with van der Waals surface area (Å²) in [6, 6.07) is 5.79. The van der Waals surface area contributed by atoms with Gasteiger partial charge >= 0.3 is 11.9 Å². The Labute approximate surface area is 91.3 Å². The summed E-state index contributed by atoms with van der Waals surface area (Å²) in [7, 11) is 0. The molecule has 5 nitrogen and oxygen atoms in total. The number of aliphatic carboxylic acids is 2. The summed E-state index contributed by atoms with van der Waals surface area (Å²) in [5, 5.41) is 26.3. The van der Waals surface area contributed by atoms with Crippen molar-refractivity contribution in [3.8, 4) is 5.75 Å². The monoisotopic (exact) mass is 222 g/mol. The molecule has 0 radical (unpaired) electrons. The second kappa shape index (κ2) is 4.97. The highest BCUT2D eigenvalue weighted by atomic mass is 16.4. The summed E-state index contributed by atoms with van der Waals surface area (Å²) in [5.74, 6) is -2.41. The lowest BCUT2D eigenvalue weighted by Gasteiger charge is -1.99. The normalized spacial score (nSPS) is 11.1. The van der Waals surface area contributed by atoms with Gasteiger partial charge < -0.3 is 15.3 Å². The second-order valence-corrected chi connectivity index (χ2v) is 3.14. The van der Waals surface area contributed by atoms with Gasteiger partial charge in [-0.15, -0.1) is 0 Å². The van der Waals surface area contributed by atoms with Crippen LogP contribution in [0.5, 0.6) is 5.75 Å². The van der Waals surface area contributed by atoms with Crippen LogP contribution in [0.1, 0.15) is 12.0 Å². The molecule has 1 aromatic carbocycles. The van der Waals surface area contributed by atoms with Crippen molar-refractivity contribution in [2.75, 3.05) is 0 Å². The van der Waals surface area contributed by atoms with Crippen molar-refractivity contribution in [1.82, 2.24) is 0 Å². The SMILES string of the molecule is O=C(O)CC(=Cc1ccc(O)cc1)C(=O)O. The zero-order chi connectivity index (χ0) is 12.1. The molecule has 0 fully saturated rings. The maximum Gasteiger partial charge on any atom is 0.332 e. The van der Waals surface area contributed by atoms with Gasteiger partial charge in [-0.25, -0.2) is 4.79 Å². The van der Waals surface area contributed by atoms with Gasteiger partial charge in [-0.3, -0.25) is 4.79 Å². The van der Waals surface area contributed by atoms with Crippen molar-refractivity contribution in [2.45, 2.75) is 6.42 Å². The summed E-state index contributed by atoms with van der Waals surface area (Å²) < 4.78 is 0. The zero-order valence-electron chi connectivity index (χ0n) is 8.25. The van der Waals surface area contributed by atoms with E-state index in [1.807, 2.05) is 0 Å². The molecule has 1 rings (SSSR count). The molecular weight excluding hydrogens is 212 g/mol. The number of rotatable bonds is 4. The Hall–Kier alpha value is -2.30. The summed E-state index contributed by atoms with van der Waals surface area (Å²) in [6.45, 7) is 0. The van der Waals surface area contributed by atoms with Crippen LogP contribution in [0, 0.1) is 0 Å². The van der Waals surface area contributed by atoms with Gasteiger partial charge in [0.05, 0.1) is 6.42 Å². The Kier molecular flexibility index (Phi) is 3.66. The minimum Gasteiger partial charge on any atom is -0.508 e. The van der Waals surface area contributed by atoms with E-state index in [-0.39, 0.29) is 11.3 Å². The fraction of sp³-hybridized carbons (Fsp3) is 0.0909. The third kappa shape index (κ3) is 3.45. The molecule has 0 aliphatic carbocycles. The van der Waals surface area contributed by atoms with E-state index in [4.69, 9.17) is 15.3 Å². The predicted octanol–water partition coefficient (Wildman–Crippen LogP) is 1.33. The molecular formula is C11H10O5. The van der Waals surface area contributed by atoms with Gasteiger partial charge in [0.2, 0.25) is 0 Å². The average molecular weight is 222 g/mol. The van der Waals surface area contributed by atoms with E-state index < -0.39 is 18.4 Å². The fourth-order valence-corrected chi connectivity index (χ4v) is 1.12. The third-order valence-electron chi connectivity index (χ3n) is 1.85. The molecule has 0 heterocycles. The first-order chi connectivity index (χ1) is 7.49. The molecule has 0 aliphatic heterocycles. The van der Waals surface area contributed by atoms with Crippen LogP contribution in [0.2, 0.25) is 0 Å². The van der Waals surface area contributed by atoms with Gasteiger partial charge in [0, 0.05) is 5.57 Å². The first-order valence-electron chi connectivity index (χ1n) is 4.43. The van der Waals surface area contributed by atoms with Gasteiger partial charge in [0.25, 0.3) is 0 Å². The van der Waals surface area contributed by atoms with Crippen molar-refractivity contribution < 1.29 is 24.9 Å². The number of phenolic OH excluding ortho intramolecular Hbond substituents is 1. The maximum atomic E-state index is 10.7. The molecule has 0 saturated carbocycles. The molecule has 84 valence electrons. The van der Waals surface area contributed by atoms with Crippen LogP contribution in [-0.2, 0) is 9.59 Å². The number of carboxylic acids is 2. The average Bonchev–Trinajstić information content (AvgIpc) is 2.19. The first kappa shape index (κ1) is 11.8. The smallest absolute Gasteiger partial charge is 0.332 e. The lowest BCUT2D eigenvalue weighted by Crippen LogP contribution is -2.06. The lowest BCUT2D eigenvalue weighted by molar-refractivity contribution is -0.139. The highest BCUT2D eigenvalue weighted by Gasteiger charge is 2.11. The number of hydrogen-bond acceptors (Lipinski definition) is 3. The minimum atomic E-state index is -1.27. The number of carbonyl (C=O) groups is 2. The Bertz CT molecular complexity index is 430. The summed E-state index contributed by atoms with van der Waals surface area (Å²) >= 11 is 0. The molecule has 0 aliphatic rings. The number of aromatic hydroxyl groups is 1. The largest absolute Gasteiger partial charge is 0.508 e. The predicted molar refractivity (Wildman–Crippen MR) is 56.0 cm³/mol. The first-order valence-corrected chi connectivity index (χ1v) is 4.43. The van der Waals surface area contributed by atoms with Crippen LogP contribution in [0.15, 0.2) is 29.8 Å². The Morgan fingerprint density at radius 3 is 2.12 bits per heavy atom. The molecule has 0 unspecified atom stereocenters. The van der Waals surface area contributed by atoms with Crippen molar-refractivity contribution >= 4 is 18.0 Å². The van der Waals surface area contributed by atoms with Crippen molar-refractivity contribution in [3.63, 3.8) is 0 Å². The molecule has 0 atom stereocenters. The molecule has 0 saturated heterocycles. The van der Waals surface area contributed by atoms with Crippen molar-refractivity contribution in [1.29, 1.82) is 0 Å². The Balaban J connectivity index is 2.97. The van der Waals surface area contributed by atoms with Crippen LogP contribution in [0.3, 0.4) is 0 Å². The lowest BCUT2D eigenvalue weighted by atomic mass is 10.1. The molecule has 5 heteroatoms. The van der Waals surface area contributed by atoms with E-state index in [1.165, 1.54) is 30.3 Å². The molecule has 0 amide bonds. The van der Waals surface area contributed by atoms with Crippen molar-refractivity contribution in [2.24, 2.45) is 0 Å². The van der Waals surface area contributed by atoms with Gasteiger partial charge in [-0.05, 0) is 23.8 Å². The topological polar surface area (TPSA) is 94.8 Å². The Morgan fingerprint density at radius 2 is 1.69 bits per heavy atom. The summed E-state index contributed by atoms with van der Waals surface area (Å²) in [6.07, 6.45) is 0.714. The van der Waals surface area contributed by atoms with E-state index in [0.717, 1.165) is 0 Å². The van der Waals surface area contributed by atoms with Crippen LogP contribution < -0.4 is 0 Å². The van der Waals surface area contributed by atoms with Gasteiger partial charge in [-0.1, -0.05) is 12.1 Å². The van der Waals surface area contributed by atoms with Crippen LogP contribution in [0.4, 0.5) is 0 Å². The number of benzene rings is 1. The maximum absolute atomic E-state index is 10.7. The fourth-order valence-electron chi connectivity index (χ4n) is 1.12. The number of carboxylic acid groups (broad SMARTS) is 2. The zero-order valence-corrected chi connectivity index (χ0v) is 8.25. The molecule has 0 aromatic heterocycles. The van der Waals surface area contributed by atoms with Crippen LogP contribution in [0.25, 0.3) is 6.08 Å². The van der Waals surface area contributed by atoms with Gasteiger partial charge in [-0.2, -0.15) is 0 Å². The summed E-state index contributed by atoms with van der Waals surface area (Å²) in [5.41, 5.74) is 0.314. The molecule has 16 heavy (non-hydrogen) atoms. The highest BCUT2D eigenvalue weighted by Crippen LogP contribution is 2.14. The number of hydrogen-bond donors (Lipinski definition) is 3. The Morgan fingerprint density at radius 1 is 1.12 bits per heavy atom. The molecule has 1 aromatic rings. The molecule has 0 spiro atoms. The van der Waals surface area contributed by atoms with Crippen LogP contribution in [-0.4, -0.2) is 27.3 Å². The van der Waals surface area contributed by atoms with Crippen LogP contribution >= 0.6 is 0 Å². The third-order valence-corrected chi connectivity index (χ3v) is 1.85. The van der Waals surface area contributed by atoms with Crippen molar-refractivity contribution in [3.05, 3.63) is 35.4 Å². The quantitative estimate of drug-likeness (QED) is 0.668. The highest BCUT2D eigenvalue weighted by molar-refractivity contribution is 5.96. The van der Waals surface area contributed by atoms with E-state index >= 15 is 0 Å². The molecule has 0 bridgehead atoms. The van der Waals surface area contributed by atoms with E-state index in [1.54, 1.807) is 0 Å². The van der Waals surface area contributed by atoms with Gasteiger partial charge in [0.1, 0.15) is 5.75 Å². The second-order valence-electron chi connectivity index (χ2n) is 3.14. The number of phenols is 1. The minimum absolute atomic E-state index is 0.0623. The van der Waals surface area contributed by atoms with E-state index in [0.29, 0.717) is 5.56 Å².